The quantitative estimate of drug-likeness (QED) is 0.688. The number of nitrogens with zero attached hydrogens (tertiary/aromatic N) is 1. The Bertz CT molecular complexity index is 705. The molecule has 0 aliphatic rings. The maximum Gasteiger partial charge on any atom is 0.340 e. The second-order valence-electron chi connectivity index (χ2n) is 4.34. The monoisotopic (exact) mass is 282 g/mol. The molecule has 0 amide bonds. The molecule has 2 aromatic rings. The van der Waals surface area contributed by atoms with E-state index in [1.807, 2.05) is 6.07 Å². The highest BCUT2D eigenvalue weighted by Crippen LogP contribution is 2.20. The zero-order valence-electron chi connectivity index (χ0n) is 11.5. The molecule has 5 nitrogen and oxygen atoms in total. The van der Waals surface area contributed by atoms with Crippen molar-refractivity contribution >= 4 is 11.7 Å². The van der Waals surface area contributed by atoms with Gasteiger partial charge in [0.05, 0.1) is 24.3 Å². The number of benzene rings is 2. The SMILES string of the molecule is COc1ccc(N)c(C(=O)OCc2cccc(C#N)c2)c1. The van der Waals surface area contributed by atoms with Crippen molar-refractivity contribution in [3.8, 4) is 11.8 Å². The predicted octanol–water partition coefficient (Wildman–Crippen LogP) is 2.51. The van der Waals surface area contributed by atoms with Crippen LogP contribution in [0.5, 0.6) is 5.75 Å². The molecule has 0 aliphatic carbocycles. The average Bonchev–Trinajstić information content (AvgIpc) is 2.53. The standard InChI is InChI=1S/C16H14N2O3/c1-20-13-5-6-15(18)14(8-13)16(19)21-10-12-4-2-3-11(7-12)9-17/h2-8H,10,18H2,1H3. The van der Waals surface area contributed by atoms with Crippen LogP contribution in [0.1, 0.15) is 21.5 Å². The minimum Gasteiger partial charge on any atom is -0.497 e. The number of rotatable bonds is 4. The fraction of sp³-hybridized carbons (Fsp3) is 0.125. The van der Waals surface area contributed by atoms with E-state index >= 15 is 0 Å². The Morgan fingerprint density at radius 2 is 2.10 bits per heavy atom. The molecule has 0 fully saturated rings. The second-order valence-corrected chi connectivity index (χ2v) is 4.34. The Kier molecular flexibility index (Phi) is 4.42. The highest BCUT2D eigenvalue weighted by atomic mass is 16.5. The van der Waals surface area contributed by atoms with Crippen molar-refractivity contribution in [3.05, 3.63) is 59.2 Å². The molecule has 2 rings (SSSR count). The van der Waals surface area contributed by atoms with Gasteiger partial charge >= 0.3 is 5.97 Å². The number of carbonyl (C=O) groups is 1. The Hall–Kier alpha value is -3.00. The Morgan fingerprint density at radius 3 is 2.81 bits per heavy atom. The van der Waals surface area contributed by atoms with Crippen molar-refractivity contribution in [2.24, 2.45) is 0 Å². The van der Waals surface area contributed by atoms with Gasteiger partial charge in [0.1, 0.15) is 12.4 Å². The van der Waals surface area contributed by atoms with Crippen molar-refractivity contribution in [2.75, 3.05) is 12.8 Å². The van der Waals surface area contributed by atoms with Crippen LogP contribution in [0.3, 0.4) is 0 Å². The molecule has 21 heavy (non-hydrogen) atoms. The van der Waals surface area contributed by atoms with Gasteiger partial charge in [0, 0.05) is 5.69 Å². The molecule has 106 valence electrons. The van der Waals surface area contributed by atoms with Crippen LogP contribution >= 0.6 is 0 Å². The second kappa shape index (κ2) is 6.44. The Morgan fingerprint density at radius 1 is 1.29 bits per heavy atom. The van der Waals surface area contributed by atoms with Crippen LogP contribution in [0, 0.1) is 11.3 Å². The van der Waals surface area contributed by atoms with E-state index in [0.29, 0.717) is 17.0 Å². The van der Waals surface area contributed by atoms with Gasteiger partial charge in [-0.2, -0.15) is 5.26 Å². The van der Waals surface area contributed by atoms with E-state index in [-0.39, 0.29) is 12.2 Å². The third kappa shape index (κ3) is 3.51. The van der Waals surface area contributed by atoms with E-state index in [1.165, 1.54) is 13.2 Å². The molecule has 0 saturated carbocycles. The summed E-state index contributed by atoms with van der Waals surface area (Å²) in [5.41, 5.74) is 7.60. The summed E-state index contributed by atoms with van der Waals surface area (Å²) < 4.78 is 10.3. The maximum atomic E-state index is 12.0. The molecule has 5 heteroatoms. The minimum absolute atomic E-state index is 0.0744. The van der Waals surface area contributed by atoms with E-state index in [0.717, 1.165) is 5.56 Å². The van der Waals surface area contributed by atoms with E-state index in [1.54, 1.807) is 36.4 Å². The Balaban J connectivity index is 2.10. The summed E-state index contributed by atoms with van der Waals surface area (Å²) in [6, 6.07) is 13.7. The average molecular weight is 282 g/mol. The van der Waals surface area contributed by atoms with Crippen molar-refractivity contribution in [1.82, 2.24) is 0 Å². The van der Waals surface area contributed by atoms with Gasteiger partial charge < -0.3 is 15.2 Å². The first-order valence-electron chi connectivity index (χ1n) is 6.23. The summed E-state index contributed by atoms with van der Waals surface area (Å²) in [6.45, 7) is 0.0744. The molecule has 0 radical (unpaired) electrons. The van der Waals surface area contributed by atoms with Crippen LogP contribution in [0.2, 0.25) is 0 Å². The number of methoxy groups -OCH3 is 1. The molecule has 2 aromatic carbocycles. The minimum atomic E-state index is -0.534. The highest BCUT2D eigenvalue weighted by molar-refractivity contribution is 5.95. The summed E-state index contributed by atoms with van der Waals surface area (Å²) in [7, 11) is 1.51. The molecule has 0 aliphatic heterocycles. The summed E-state index contributed by atoms with van der Waals surface area (Å²) in [4.78, 5) is 12.0. The molecule has 2 N–H and O–H groups in total. The molecule has 0 heterocycles. The predicted molar refractivity (Wildman–Crippen MR) is 77.7 cm³/mol. The molecular formula is C16H14N2O3. The van der Waals surface area contributed by atoms with Gasteiger partial charge in [-0.15, -0.1) is 0 Å². The molecule has 0 atom stereocenters. The van der Waals surface area contributed by atoms with Crippen LogP contribution in [0.4, 0.5) is 5.69 Å². The first kappa shape index (κ1) is 14.4. The lowest BCUT2D eigenvalue weighted by atomic mass is 10.1. The third-order valence-corrected chi connectivity index (χ3v) is 2.91. The Labute approximate surface area is 122 Å². The van der Waals surface area contributed by atoms with Gasteiger partial charge in [-0.3, -0.25) is 0 Å². The molecule has 0 spiro atoms. The smallest absolute Gasteiger partial charge is 0.340 e. The van der Waals surface area contributed by atoms with Crippen LogP contribution < -0.4 is 10.5 Å². The van der Waals surface area contributed by atoms with Crippen LogP contribution in [0.15, 0.2) is 42.5 Å². The van der Waals surface area contributed by atoms with Crippen molar-refractivity contribution in [3.63, 3.8) is 0 Å². The first-order chi connectivity index (χ1) is 10.1. The number of anilines is 1. The summed E-state index contributed by atoms with van der Waals surface area (Å²) in [5.74, 6) is -0.00334. The topological polar surface area (TPSA) is 85.3 Å². The lowest BCUT2D eigenvalue weighted by molar-refractivity contribution is 0.0473. The van der Waals surface area contributed by atoms with Crippen LogP contribution in [0.25, 0.3) is 0 Å². The number of ether oxygens (including phenoxy) is 2. The third-order valence-electron chi connectivity index (χ3n) is 2.91. The number of carbonyl (C=O) groups excluding carboxylic acids is 1. The van der Waals surface area contributed by atoms with Crippen molar-refractivity contribution < 1.29 is 14.3 Å². The zero-order valence-corrected chi connectivity index (χ0v) is 11.5. The van der Waals surface area contributed by atoms with Gasteiger partial charge in [-0.25, -0.2) is 4.79 Å². The van der Waals surface area contributed by atoms with Gasteiger partial charge in [-0.05, 0) is 35.9 Å². The number of esters is 1. The van der Waals surface area contributed by atoms with Crippen molar-refractivity contribution in [2.45, 2.75) is 6.61 Å². The molecular weight excluding hydrogens is 268 g/mol. The number of hydrogen-bond donors (Lipinski definition) is 1. The van der Waals surface area contributed by atoms with E-state index in [9.17, 15) is 4.79 Å². The van der Waals surface area contributed by atoms with Gasteiger partial charge in [0.2, 0.25) is 0 Å². The van der Waals surface area contributed by atoms with E-state index in [2.05, 4.69) is 0 Å². The fourth-order valence-corrected chi connectivity index (χ4v) is 1.80. The van der Waals surface area contributed by atoms with Crippen LogP contribution in [-0.4, -0.2) is 13.1 Å². The van der Waals surface area contributed by atoms with Gasteiger partial charge in [0.25, 0.3) is 0 Å². The van der Waals surface area contributed by atoms with Crippen molar-refractivity contribution in [1.29, 1.82) is 5.26 Å². The lowest BCUT2D eigenvalue weighted by Crippen LogP contribution is -2.08. The van der Waals surface area contributed by atoms with Gasteiger partial charge in [0.15, 0.2) is 0 Å². The number of nitriles is 1. The fourth-order valence-electron chi connectivity index (χ4n) is 1.80. The lowest BCUT2D eigenvalue weighted by Gasteiger charge is -2.09. The zero-order chi connectivity index (χ0) is 15.2. The molecule has 0 bridgehead atoms. The summed E-state index contributed by atoms with van der Waals surface area (Å²) in [5, 5.41) is 8.82. The molecule has 0 unspecified atom stereocenters. The molecule has 0 saturated heterocycles. The maximum absolute atomic E-state index is 12.0. The number of nitrogens with two attached hydrogens (primary N) is 1. The molecule has 0 aromatic heterocycles. The first-order valence-corrected chi connectivity index (χ1v) is 6.23. The van der Waals surface area contributed by atoms with Crippen LogP contribution in [-0.2, 0) is 11.3 Å². The van der Waals surface area contributed by atoms with E-state index in [4.69, 9.17) is 20.5 Å². The normalized spacial score (nSPS) is 9.71. The van der Waals surface area contributed by atoms with Gasteiger partial charge in [-0.1, -0.05) is 12.1 Å². The number of nitrogen functional groups attached to an aromatic ring is 1. The summed E-state index contributed by atoms with van der Waals surface area (Å²) in [6.07, 6.45) is 0. The highest BCUT2D eigenvalue weighted by Gasteiger charge is 2.12. The van der Waals surface area contributed by atoms with E-state index < -0.39 is 5.97 Å². The summed E-state index contributed by atoms with van der Waals surface area (Å²) >= 11 is 0. The largest absolute Gasteiger partial charge is 0.497 e. The number of hydrogen-bond acceptors (Lipinski definition) is 5.